The second-order valence-electron chi connectivity index (χ2n) is 4.85. The Hall–Kier alpha value is -2.11. The number of hydrogen-bond acceptors (Lipinski definition) is 4. The minimum absolute atomic E-state index is 0.0463. The van der Waals surface area contributed by atoms with Crippen molar-refractivity contribution in [3.8, 4) is 0 Å². The van der Waals surface area contributed by atoms with Crippen molar-refractivity contribution in [2.45, 2.75) is 33.2 Å². The van der Waals surface area contributed by atoms with E-state index in [9.17, 15) is 4.79 Å². The first-order valence-corrected chi connectivity index (χ1v) is 6.40. The molecule has 0 aliphatic carbocycles. The minimum atomic E-state index is 0.0463. The van der Waals surface area contributed by atoms with Crippen molar-refractivity contribution in [2.75, 3.05) is 11.9 Å². The molecule has 2 heterocycles. The second-order valence-corrected chi connectivity index (χ2v) is 4.85. The maximum absolute atomic E-state index is 11.5. The van der Waals surface area contributed by atoms with Crippen LogP contribution in [0.4, 0.5) is 5.82 Å². The van der Waals surface area contributed by atoms with Gasteiger partial charge < -0.3 is 10.6 Å². The molecule has 2 aromatic heterocycles. The van der Waals surface area contributed by atoms with Crippen molar-refractivity contribution >= 4 is 17.4 Å². The minimum Gasteiger partial charge on any atom is -0.369 e. The lowest BCUT2D eigenvalue weighted by Crippen LogP contribution is -2.31. The Morgan fingerprint density at radius 2 is 2.21 bits per heavy atom. The van der Waals surface area contributed by atoms with Gasteiger partial charge in [0.25, 0.3) is 0 Å². The second kappa shape index (κ2) is 5.69. The Morgan fingerprint density at radius 1 is 1.42 bits per heavy atom. The molecule has 6 heteroatoms. The van der Waals surface area contributed by atoms with Gasteiger partial charge in [-0.15, -0.1) is 0 Å². The number of pyridine rings is 1. The highest BCUT2D eigenvalue weighted by molar-refractivity contribution is 5.76. The first kappa shape index (κ1) is 13.3. The Bertz CT molecular complexity index is 575. The number of aryl methyl sites for hydroxylation is 1. The summed E-state index contributed by atoms with van der Waals surface area (Å²) in [5.74, 6) is 0.898. The van der Waals surface area contributed by atoms with Crippen LogP contribution >= 0.6 is 0 Å². The van der Waals surface area contributed by atoms with Gasteiger partial charge in [-0.3, -0.25) is 4.79 Å². The lowest BCUT2D eigenvalue weighted by Gasteiger charge is -2.10. The summed E-state index contributed by atoms with van der Waals surface area (Å²) in [5.41, 5.74) is 1.91. The molecule has 0 aliphatic heterocycles. The average Bonchev–Trinajstić information content (AvgIpc) is 2.75. The van der Waals surface area contributed by atoms with Crippen molar-refractivity contribution in [3.05, 3.63) is 24.0 Å². The van der Waals surface area contributed by atoms with E-state index < -0.39 is 0 Å². The van der Waals surface area contributed by atoms with E-state index in [1.807, 2.05) is 32.9 Å². The van der Waals surface area contributed by atoms with Crippen LogP contribution in [0.5, 0.6) is 0 Å². The molecule has 6 nitrogen and oxygen atoms in total. The monoisotopic (exact) mass is 261 g/mol. The van der Waals surface area contributed by atoms with Crippen LogP contribution in [0, 0.1) is 6.92 Å². The number of amides is 1. The average molecular weight is 261 g/mol. The van der Waals surface area contributed by atoms with Gasteiger partial charge in [0.15, 0.2) is 5.65 Å². The molecule has 0 bridgehead atoms. The van der Waals surface area contributed by atoms with Gasteiger partial charge >= 0.3 is 0 Å². The summed E-state index contributed by atoms with van der Waals surface area (Å²) in [6.45, 7) is 6.47. The van der Waals surface area contributed by atoms with Crippen molar-refractivity contribution in [1.29, 1.82) is 0 Å². The van der Waals surface area contributed by atoms with E-state index in [2.05, 4.69) is 20.7 Å². The summed E-state index contributed by atoms with van der Waals surface area (Å²) in [7, 11) is 0. The Morgan fingerprint density at radius 3 is 2.95 bits per heavy atom. The van der Waals surface area contributed by atoms with Crippen molar-refractivity contribution in [3.63, 3.8) is 0 Å². The van der Waals surface area contributed by atoms with Gasteiger partial charge in [0.2, 0.25) is 5.91 Å². The Balaban J connectivity index is 1.98. The standard InChI is InChI=1S/C13H19N5O/c1-9(2)17-13(19)4-5-14-11-6-10(3)7-12-15-8-16-18(11)12/h6-9,14H,4-5H2,1-3H3,(H,17,19). The fraction of sp³-hybridized carbons (Fsp3) is 0.462. The molecule has 0 saturated heterocycles. The van der Waals surface area contributed by atoms with E-state index in [-0.39, 0.29) is 11.9 Å². The van der Waals surface area contributed by atoms with Gasteiger partial charge in [-0.1, -0.05) is 0 Å². The molecule has 19 heavy (non-hydrogen) atoms. The fourth-order valence-electron chi connectivity index (χ4n) is 1.88. The predicted octanol–water partition coefficient (Wildman–Crippen LogP) is 1.36. The third-order valence-electron chi connectivity index (χ3n) is 2.63. The number of fused-ring (bicyclic) bond motifs is 1. The molecule has 0 fully saturated rings. The zero-order chi connectivity index (χ0) is 13.8. The fourth-order valence-corrected chi connectivity index (χ4v) is 1.88. The number of rotatable bonds is 5. The van der Waals surface area contributed by atoms with Gasteiger partial charge in [-0.25, -0.2) is 4.98 Å². The number of anilines is 1. The van der Waals surface area contributed by atoms with Gasteiger partial charge in [-0.05, 0) is 38.5 Å². The summed E-state index contributed by atoms with van der Waals surface area (Å²) in [5, 5.41) is 10.2. The van der Waals surface area contributed by atoms with E-state index in [4.69, 9.17) is 0 Å². The molecule has 0 saturated carbocycles. The van der Waals surface area contributed by atoms with E-state index >= 15 is 0 Å². The molecule has 2 rings (SSSR count). The maximum atomic E-state index is 11.5. The normalized spacial score (nSPS) is 10.9. The predicted molar refractivity (Wildman–Crippen MR) is 74.1 cm³/mol. The van der Waals surface area contributed by atoms with Crippen LogP contribution in [0.15, 0.2) is 18.5 Å². The van der Waals surface area contributed by atoms with Crippen LogP contribution in [0.2, 0.25) is 0 Å². The number of hydrogen-bond donors (Lipinski definition) is 2. The van der Waals surface area contributed by atoms with Crippen molar-refractivity contribution in [2.24, 2.45) is 0 Å². The smallest absolute Gasteiger partial charge is 0.221 e. The molecule has 0 atom stereocenters. The molecule has 0 spiro atoms. The van der Waals surface area contributed by atoms with E-state index in [0.29, 0.717) is 13.0 Å². The number of nitrogens with zero attached hydrogens (tertiary/aromatic N) is 3. The first-order chi connectivity index (χ1) is 9.06. The zero-order valence-electron chi connectivity index (χ0n) is 11.5. The molecule has 0 aliphatic rings. The highest BCUT2D eigenvalue weighted by Crippen LogP contribution is 2.12. The SMILES string of the molecule is Cc1cc(NCCC(=O)NC(C)C)n2ncnc2c1. The van der Waals surface area contributed by atoms with Gasteiger partial charge in [0.05, 0.1) is 0 Å². The van der Waals surface area contributed by atoms with E-state index in [0.717, 1.165) is 17.0 Å². The summed E-state index contributed by atoms with van der Waals surface area (Å²) < 4.78 is 1.73. The molecular weight excluding hydrogens is 242 g/mol. The summed E-state index contributed by atoms with van der Waals surface area (Å²) in [6, 6.07) is 4.12. The number of carbonyl (C=O) groups excluding carboxylic acids is 1. The summed E-state index contributed by atoms with van der Waals surface area (Å²) in [4.78, 5) is 15.7. The van der Waals surface area contributed by atoms with Gasteiger partial charge in [-0.2, -0.15) is 9.61 Å². The number of carbonyl (C=O) groups is 1. The quantitative estimate of drug-likeness (QED) is 0.852. The molecule has 102 valence electrons. The van der Waals surface area contributed by atoms with Crippen LogP contribution in [-0.2, 0) is 4.79 Å². The molecule has 2 aromatic rings. The van der Waals surface area contributed by atoms with Crippen molar-refractivity contribution in [1.82, 2.24) is 19.9 Å². The maximum Gasteiger partial charge on any atom is 0.221 e. The van der Waals surface area contributed by atoms with Crippen LogP contribution in [-0.4, -0.2) is 33.1 Å². The molecule has 0 radical (unpaired) electrons. The van der Waals surface area contributed by atoms with Crippen LogP contribution in [0.25, 0.3) is 5.65 Å². The van der Waals surface area contributed by atoms with Crippen molar-refractivity contribution < 1.29 is 4.79 Å². The highest BCUT2D eigenvalue weighted by Gasteiger charge is 2.06. The zero-order valence-corrected chi connectivity index (χ0v) is 11.5. The number of aromatic nitrogens is 3. The van der Waals surface area contributed by atoms with Crippen LogP contribution in [0.3, 0.4) is 0 Å². The number of nitrogens with one attached hydrogen (secondary N) is 2. The Kier molecular flexibility index (Phi) is 3.99. The molecule has 0 unspecified atom stereocenters. The van der Waals surface area contributed by atoms with E-state index in [1.54, 1.807) is 4.52 Å². The molecule has 2 N–H and O–H groups in total. The van der Waals surface area contributed by atoms with Gasteiger partial charge in [0.1, 0.15) is 12.1 Å². The molecular formula is C13H19N5O. The third-order valence-corrected chi connectivity index (χ3v) is 2.63. The third kappa shape index (κ3) is 3.43. The topological polar surface area (TPSA) is 71.3 Å². The molecule has 0 aromatic carbocycles. The summed E-state index contributed by atoms with van der Waals surface area (Å²) in [6.07, 6.45) is 1.95. The van der Waals surface area contributed by atoms with Crippen LogP contribution < -0.4 is 10.6 Å². The Labute approximate surface area is 112 Å². The van der Waals surface area contributed by atoms with Gasteiger partial charge in [0, 0.05) is 19.0 Å². The lowest BCUT2D eigenvalue weighted by molar-refractivity contribution is -0.121. The first-order valence-electron chi connectivity index (χ1n) is 6.40. The van der Waals surface area contributed by atoms with E-state index in [1.165, 1.54) is 6.33 Å². The molecule has 1 amide bonds. The highest BCUT2D eigenvalue weighted by atomic mass is 16.1. The van der Waals surface area contributed by atoms with Crippen LogP contribution in [0.1, 0.15) is 25.8 Å². The largest absolute Gasteiger partial charge is 0.369 e. The lowest BCUT2D eigenvalue weighted by atomic mass is 10.3. The summed E-state index contributed by atoms with van der Waals surface area (Å²) >= 11 is 0.